The summed E-state index contributed by atoms with van der Waals surface area (Å²) in [5.74, 6) is 1.83. The Labute approximate surface area is 183 Å². The van der Waals surface area contributed by atoms with Crippen LogP contribution in [0.25, 0.3) is 0 Å². The molecule has 0 amide bonds. The van der Waals surface area contributed by atoms with Crippen molar-refractivity contribution in [1.82, 2.24) is 0 Å². The summed E-state index contributed by atoms with van der Waals surface area (Å²) >= 11 is 1.88. The highest BCUT2D eigenvalue weighted by atomic mass is 32.2. The van der Waals surface area contributed by atoms with Crippen LogP contribution in [0.1, 0.15) is 16.7 Å². The smallest absolute Gasteiger partial charge is 0.112 e. The molecule has 0 aromatic heterocycles. The molecule has 3 aromatic carbocycles. The van der Waals surface area contributed by atoms with Crippen molar-refractivity contribution in [2.45, 2.75) is 38.1 Å². The maximum atomic E-state index is 6.41. The fraction of sp³-hybridized carbons (Fsp3) is 0.308. The predicted octanol–water partition coefficient (Wildman–Crippen LogP) is 5.49. The van der Waals surface area contributed by atoms with Crippen molar-refractivity contribution in [2.75, 3.05) is 11.5 Å². The minimum atomic E-state index is -0.0983. The van der Waals surface area contributed by atoms with Gasteiger partial charge in [0.1, 0.15) is 6.10 Å². The van der Waals surface area contributed by atoms with Crippen LogP contribution in [0, 0.1) is 0 Å². The molecular weight excluding hydrogens is 392 g/mol. The van der Waals surface area contributed by atoms with Crippen LogP contribution in [-0.4, -0.2) is 29.8 Å². The van der Waals surface area contributed by atoms with Gasteiger partial charge in [0.15, 0.2) is 0 Å². The van der Waals surface area contributed by atoms with E-state index in [9.17, 15) is 0 Å². The van der Waals surface area contributed by atoms with Gasteiger partial charge in [-0.25, -0.2) is 0 Å². The number of hydrogen-bond donors (Lipinski definition) is 0. The molecule has 3 atom stereocenters. The average Bonchev–Trinajstić information content (AvgIpc) is 2.82. The van der Waals surface area contributed by atoms with Gasteiger partial charge in [-0.1, -0.05) is 91.0 Å². The Morgan fingerprint density at radius 1 is 0.533 bits per heavy atom. The number of hydrogen-bond acceptors (Lipinski definition) is 4. The van der Waals surface area contributed by atoms with E-state index >= 15 is 0 Å². The maximum Gasteiger partial charge on any atom is 0.112 e. The molecule has 0 aliphatic carbocycles. The van der Waals surface area contributed by atoms with E-state index in [2.05, 4.69) is 36.4 Å². The first-order valence-electron chi connectivity index (χ1n) is 10.4. The molecule has 0 bridgehead atoms. The molecule has 1 aliphatic rings. The van der Waals surface area contributed by atoms with Gasteiger partial charge in [0.05, 0.1) is 32.0 Å². The summed E-state index contributed by atoms with van der Waals surface area (Å²) in [6, 6.07) is 30.9. The van der Waals surface area contributed by atoms with E-state index in [0.29, 0.717) is 19.8 Å². The third kappa shape index (κ3) is 6.19. The Morgan fingerprint density at radius 2 is 0.900 bits per heavy atom. The maximum absolute atomic E-state index is 6.41. The first-order chi connectivity index (χ1) is 14.9. The van der Waals surface area contributed by atoms with E-state index in [-0.39, 0.29) is 18.3 Å². The summed E-state index contributed by atoms with van der Waals surface area (Å²) in [4.78, 5) is 0. The molecule has 30 heavy (non-hydrogen) atoms. The molecule has 3 aromatic rings. The normalized spacial score (nSPS) is 21.4. The topological polar surface area (TPSA) is 27.7 Å². The molecule has 1 fully saturated rings. The summed E-state index contributed by atoms with van der Waals surface area (Å²) in [6.45, 7) is 1.73. The molecule has 0 N–H and O–H groups in total. The fourth-order valence-electron chi connectivity index (χ4n) is 3.55. The monoisotopic (exact) mass is 420 g/mol. The molecule has 0 saturated carbocycles. The Bertz CT molecular complexity index is 806. The number of thioether (sulfide) groups is 1. The van der Waals surface area contributed by atoms with Gasteiger partial charge in [-0.3, -0.25) is 0 Å². The minimum absolute atomic E-state index is 0.00607. The molecule has 4 rings (SSSR count). The van der Waals surface area contributed by atoms with Crippen molar-refractivity contribution >= 4 is 11.8 Å². The molecule has 0 unspecified atom stereocenters. The lowest BCUT2D eigenvalue weighted by atomic mass is 10.1. The SMILES string of the molecule is c1ccc(CO[C@@H]2[C@@H](OCc3ccccc3)CSC[C@H]2OCc2ccccc2)cc1. The van der Waals surface area contributed by atoms with E-state index in [1.165, 1.54) is 16.7 Å². The second-order valence-corrected chi connectivity index (χ2v) is 8.54. The van der Waals surface area contributed by atoms with Crippen molar-refractivity contribution in [2.24, 2.45) is 0 Å². The second kappa shape index (κ2) is 11.3. The Morgan fingerprint density at radius 3 is 1.30 bits per heavy atom. The highest BCUT2D eigenvalue weighted by Gasteiger charge is 2.36. The van der Waals surface area contributed by atoms with Gasteiger partial charge in [-0.2, -0.15) is 11.8 Å². The quantitative estimate of drug-likeness (QED) is 0.458. The number of ether oxygens (including phenoxy) is 3. The van der Waals surface area contributed by atoms with E-state index < -0.39 is 0 Å². The molecule has 4 heteroatoms. The first kappa shape index (κ1) is 21.1. The second-order valence-electron chi connectivity index (χ2n) is 7.47. The lowest BCUT2D eigenvalue weighted by Crippen LogP contribution is -2.48. The van der Waals surface area contributed by atoms with Gasteiger partial charge >= 0.3 is 0 Å². The molecule has 156 valence electrons. The van der Waals surface area contributed by atoms with Gasteiger partial charge in [0, 0.05) is 11.5 Å². The third-order valence-corrected chi connectivity index (χ3v) is 6.32. The van der Waals surface area contributed by atoms with Crippen molar-refractivity contribution in [1.29, 1.82) is 0 Å². The Balaban J connectivity index is 1.42. The van der Waals surface area contributed by atoms with Gasteiger partial charge in [0.25, 0.3) is 0 Å². The van der Waals surface area contributed by atoms with Crippen LogP contribution in [-0.2, 0) is 34.0 Å². The van der Waals surface area contributed by atoms with Crippen LogP contribution in [0.3, 0.4) is 0 Å². The largest absolute Gasteiger partial charge is 0.370 e. The summed E-state index contributed by atoms with van der Waals surface area (Å²) in [5, 5.41) is 0. The molecule has 1 aliphatic heterocycles. The zero-order chi connectivity index (χ0) is 20.4. The van der Waals surface area contributed by atoms with Crippen LogP contribution in [0.5, 0.6) is 0 Å². The zero-order valence-corrected chi connectivity index (χ0v) is 17.9. The summed E-state index contributed by atoms with van der Waals surface area (Å²) in [5.41, 5.74) is 3.52. The lowest BCUT2D eigenvalue weighted by Gasteiger charge is -2.37. The minimum Gasteiger partial charge on any atom is -0.370 e. The molecule has 3 nitrogen and oxygen atoms in total. The van der Waals surface area contributed by atoms with Crippen LogP contribution < -0.4 is 0 Å². The Hall–Kier alpha value is -2.11. The molecule has 0 radical (unpaired) electrons. The van der Waals surface area contributed by atoms with Crippen molar-refractivity contribution < 1.29 is 14.2 Å². The molecule has 0 spiro atoms. The summed E-state index contributed by atoms with van der Waals surface area (Å²) in [6.07, 6.45) is -0.110. The van der Waals surface area contributed by atoms with Crippen molar-refractivity contribution in [3.8, 4) is 0 Å². The van der Waals surface area contributed by atoms with Crippen molar-refractivity contribution in [3.63, 3.8) is 0 Å². The number of rotatable bonds is 9. The standard InChI is InChI=1S/C26H28O3S/c1-4-10-21(11-5-1)16-27-24-19-30-20-25(28-17-22-12-6-2-7-13-22)26(24)29-18-23-14-8-3-9-15-23/h1-15,24-26H,16-20H2/t24-,25+,26+. The molecular formula is C26H28O3S. The fourth-order valence-corrected chi connectivity index (χ4v) is 4.72. The first-order valence-corrected chi connectivity index (χ1v) is 11.6. The number of benzene rings is 3. The van der Waals surface area contributed by atoms with Gasteiger partial charge in [-0.05, 0) is 16.7 Å². The van der Waals surface area contributed by atoms with Gasteiger partial charge < -0.3 is 14.2 Å². The lowest BCUT2D eigenvalue weighted by molar-refractivity contribution is -0.141. The predicted molar refractivity (Wildman–Crippen MR) is 122 cm³/mol. The highest BCUT2D eigenvalue weighted by molar-refractivity contribution is 7.99. The van der Waals surface area contributed by atoms with Crippen LogP contribution in [0.15, 0.2) is 91.0 Å². The Kier molecular flexibility index (Phi) is 7.98. The van der Waals surface area contributed by atoms with Gasteiger partial charge in [-0.15, -0.1) is 0 Å². The van der Waals surface area contributed by atoms with E-state index in [0.717, 1.165) is 11.5 Å². The van der Waals surface area contributed by atoms with Crippen LogP contribution in [0.2, 0.25) is 0 Å². The van der Waals surface area contributed by atoms with Crippen molar-refractivity contribution in [3.05, 3.63) is 108 Å². The van der Waals surface area contributed by atoms with Crippen LogP contribution in [0.4, 0.5) is 0 Å². The average molecular weight is 421 g/mol. The third-order valence-electron chi connectivity index (χ3n) is 5.20. The highest BCUT2D eigenvalue weighted by Crippen LogP contribution is 2.28. The van der Waals surface area contributed by atoms with E-state index in [4.69, 9.17) is 14.2 Å². The van der Waals surface area contributed by atoms with Gasteiger partial charge in [0.2, 0.25) is 0 Å². The van der Waals surface area contributed by atoms with E-state index in [1.54, 1.807) is 0 Å². The zero-order valence-electron chi connectivity index (χ0n) is 17.1. The summed E-state index contributed by atoms with van der Waals surface area (Å²) in [7, 11) is 0. The van der Waals surface area contributed by atoms with E-state index in [1.807, 2.05) is 66.4 Å². The van der Waals surface area contributed by atoms with Crippen LogP contribution >= 0.6 is 11.8 Å². The molecule has 1 heterocycles. The summed E-state index contributed by atoms with van der Waals surface area (Å²) < 4.78 is 19.1. The molecule has 1 saturated heterocycles.